The van der Waals surface area contributed by atoms with Crippen molar-refractivity contribution in [3.05, 3.63) is 44.4 Å². The molecule has 0 amide bonds. The maximum Gasteiger partial charge on any atom is 0.373 e. The van der Waals surface area contributed by atoms with E-state index >= 15 is 0 Å². The van der Waals surface area contributed by atoms with E-state index in [0.29, 0.717) is 5.76 Å². The van der Waals surface area contributed by atoms with Crippen molar-refractivity contribution in [3.8, 4) is 0 Å². The van der Waals surface area contributed by atoms with Crippen molar-refractivity contribution >= 4 is 33.2 Å². The maximum atomic E-state index is 11.2. The first-order valence-corrected chi connectivity index (χ1v) is 6.34. The summed E-state index contributed by atoms with van der Waals surface area (Å²) in [6, 6.07) is 6.67. The first kappa shape index (κ1) is 12.3. The first-order valence-electron chi connectivity index (χ1n) is 4.73. The Balaban J connectivity index is 2.23. The number of aliphatic hydroxyl groups excluding tert-OH is 1. The summed E-state index contributed by atoms with van der Waals surface area (Å²) in [4.78, 5) is 11.9. The molecule has 1 N–H and O–H groups in total. The summed E-state index contributed by atoms with van der Waals surface area (Å²) >= 11 is 4.72. The molecule has 1 unspecified atom stereocenters. The van der Waals surface area contributed by atoms with Crippen LogP contribution in [0.1, 0.15) is 27.3 Å². The Morgan fingerprint density at radius 3 is 2.82 bits per heavy atom. The molecule has 0 spiro atoms. The van der Waals surface area contributed by atoms with Crippen molar-refractivity contribution < 1.29 is 19.1 Å². The molecule has 2 rings (SSSR count). The van der Waals surface area contributed by atoms with Crippen molar-refractivity contribution in [2.24, 2.45) is 0 Å². The smallest absolute Gasteiger partial charge is 0.373 e. The molecular weight excluding hydrogens is 308 g/mol. The molecule has 0 bridgehead atoms. The van der Waals surface area contributed by atoms with Gasteiger partial charge in [-0.1, -0.05) is 0 Å². The number of furan rings is 1. The normalized spacial score (nSPS) is 12.4. The molecule has 0 saturated carbocycles. The van der Waals surface area contributed by atoms with Gasteiger partial charge in [-0.25, -0.2) is 4.79 Å². The van der Waals surface area contributed by atoms with Crippen LogP contribution in [0.5, 0.6) is 0 Å². The Bertz CT molecular complexity index is 531. The van der Waals surface area contributed by atoms with Crippen LogP contribution in [-0.2, 0) is 4.74 Å². The summed E-state index contributed by atoms with van der Waals surface area (Å²) in [5, 5.41) is 10.0. The Hall–Kier alpha value is -1.11. The van der Waals surface area contributed by atoms with Gasteiger partial charge in [0.15, 0.2) is 0 Å². The standard InChI is InChI=1S/C11H9BrO4S/c1-15-11(14)7-3-2-6(16-7)10(13)8-4-5-9(12)17-8/h2-5,10,13H,1H3. The van der Waals surface area contributed by atoms with Gasteiger partial charge in [-0.3, -0.25) is 0 Å². The fraction of sp³-hybridized carbons (Fsp3) is 0.182. The average Bonchev–Trinajstić information content (AvgIpc) is 2.95. The summed E-state index contributed by atoms with van der Waals surface area (Å²) in [6.07, 6.45) is -0.871. The highest BCUT2D eigenvalue weighted by Crippen LogP contribution is 2.31. The number of esters is 1. The second-order valence-corrected chi connectivity index (χ2v) is 5.73. The van der Waals surface area contributed by atoms with Crippen molar-refractivity contribution in [2.45, 2.75) is 6.10 Å². The van der Waals surface area contributed by atoms with E-state index in [1.807, 2.05) is 6.07 Å². The molecule has 2 aromatic heterocycles. The number of hydrogen-bond donors (Lipinski definition) is 1. The van der Waals surface area contributed by atoms with Gasteiger partial charge in [0, 0.05) is 4.88 Å². The van der Waals surface area contributed by atoms with Crippen LogP contribution in [0.15, 0.2) is 32.5 Å². The second-order valence-electron chi connectivity index (χ2n) is 3.24. The highest BCUT2D eigenvalue weighted by atomic mass is 79.9. The third kappa shape index (κ3) is 2.59. The third-order valence-corrected chi connectivity index (χ3v) is 3.82. The van der Waals surface area contributed by atoms with Gasteiger partial charge in [-0.15, -0.1) is 11.3 Å². The Labute approximate surface area is 110 Å². The number of rotatable bonds is 3. The van der Waals surface area contributed by atoms with Gasteiger partial charge in [0.1, 0.15) is 11.9 Å². The topological polar surface area (TPSA) is 59.7 Å². The zero-order chi connectivity index (χ0) is 12.4. The number of carbonyl (C=O) groups is 1. The predicted molar refractivity (Wildman–Crippen MR) is 66.1 cm³/mol. The molecule has 0 aliphatic heterocycles. The van der Waals surface area contributed by atoms with Crippen LogP contribution in [0, 0.1) is 0 Å². The van der Waals surface area contributed by atoms with E-state index in [1.165, 1.54) is 24.5 Å². The highest BCUT2D eigenvalue weighted by Gasteiger charge is 2.19. The molecule has 4 nitrogen and oxygen atoms in total. The fourth-order valence-corrected chi connectivity index (χ4v) is 2.74. The van der Waals surface area contributed by atoms with Crippen LogP contribution in [0.25, 0.3) is 0 Å². The molecule has 2 heterocycles. The molecule has 0 radical (unpaired) electrons. The molecule has 17 heavy (non-hydrogen) atoms. The summed E-state index contributed by atoms with van der Waals surface area (Å²) in [7, 11) is 1.28. The SMILES string of the molecule is COC(=O)c1ccc(C(O)c2ccc(Br)s2)o1. The van der Waals surface area contributed by atoms with Crippen molar-refractivity contribution in [3.63, 3.8) is 0 Å². The van der Waals surface area contributed by atoms with Crippen LogP contribution in [0.3, 0.4) is 0 Å². The van der Waals surface area contributed by atoms with Crippen LogP contribution >= 0.6 is 27.3 Å². The monoisotopic (exact) mass is 316 g/mol. The minimum Gasteiger partial charge on any atom is -0.463 e. The van der Waals surface area contributed by atoms with Gasteiger partial charge >= 0.3 is 5.97 Å². The fourth-order valence-electron chi connectivity index (χ4n) is 1.33. The molecule has 6 heteroatoms. The molecular formula is C11H9BrO4S. The lowest BCUT2D eigenvalue weighted by molar-refractivity contribution is 0.0558. The van der Waals surface area contributed by atoms with Gasteiger partial charge in [0.2, 0.25) is 5.76 Å². The van der Waals surface area contributed by atoms with Gasteiger partial charge in [-0.05, 0) is 40.2 Å². The molecule has 90 valence electrons. The lowest BCUT2D eigenvalue weighted by atomic mass is 10.2. The molecule has 0 aliphatic rings. The molecule has 0 saturated heterocycles. The zero-order valence-electron chi connectivity index (χ0n) is 8.84. The predicted octanol–water partition coefficient (Wildman–Crippen LogP) is 2.97. The number of aliphatic hydroxyl groups is 1. The largest absolute Gasteiger partial charge is 0.463 e. The average molecular weight is 317 g/mol. The number of methoxy groups -OCH3 is 1. The van der Waals surface area contributed by atoms with E-state index in [1.54, 1.807) is 12.1 Å². The van der Waals surface area contributed by atoms with E-state index in [-0.39, 0.29) is 5.76 Å². The van der Waals surface area contributed by atoms with Crippen LogP contribution in [-0.4, -0.2) is 18.2 Å². The number of halogens is 1. The summed E-state index contributed by atoms with van der Waals surface area (Å²) < 4.78 is 10.7. The first-order chi connectivity index (χ1) is 8.11. The van der Waals surface area contributed by atoms with Gasteiger partial charge in [-0.2, -0.15) is 0 Å². The number of carbonyl (C=O) groups excluding carboxylic acids is 1. The Kier molecular flexibility index (Phi) is 3.66. The third-order valence-electron chi connectivity index (χ3n) is 2.15. The van der Waals surface area contributed by atoms with E-state index in [4.69, 9.17) is 4.42 Å². The molecule has 0 fully saturated rings. The van der Waals surface area contributed by atoms with E-state index in [2.05, 4.69) is 20.7 Å². The van der Waals surface area contributed by atoms with Gasteiger partial charge in [0.05, 0.1) is 10.9 Å². The van der Waals surface area contributed by atoms with Crippen molar-refractivity contribution in [2.75, 3.05) is 7.11 Å². The Morgan fingerprint density at radius 2 is 2.24 bits per heavy atom. The maximum absolute atomic E-state index is 11.2. The van der Waals surface area contributed by atoms with Crippen molar-refractivity contribution in [1.29, 1.82) is 0 Å². The molecule has 2 aromatic rings. The Morgan fingerprint density at radius 1 is 1.47 bits per heavy atom. The highest BCUT2D eigenvalue weighted by molar-refractivity contribution is 9.11. The second kappa shape index (κ2) is 5.03. The van der Waals surface area contributed by atoms with Crippen LogP contribution in [0.4, 0.5) is 0 Å². The van der Waals surface area contributed by atoms with Gasteiger partial charge < -0.3 is 14.3 Å². The van der Waals surface area contributed by atoms with Crippen LogP contribution in [0.2, 0.25) is 0 Å². The van der Waals surface area contributed by atoms with Crippen molar-refractivity contribution in [1.82, 2.24) is 0 Å². The summed E-state index contributed by atoms with van der Waals surface area (Å²) in [6.45, 7) is 0. The van der Waals surface area contributed by atoms with E-state index in [9.17, 15) is 9.90 Å². The summed E-state index contributed by atoms with van der Waals surface area (Å²) in [5.74, 6) is -0.160. The molecule has 1 atom stereocenters. The minimum absolute atomic E-state index is 0.0807. The zero-order valence-corrected chi connectivity index (χ0v) is 11.2. The molecule has 0 aliphatic carbocycles. The van der Waals surface area contributed by atoms with Crippen LogP contribution < -0.4 is 0 Å². The quantitative estimate of drug-likeness (QED) is 0.884. The van der Waals surface area contributed by atoms with E-state index < -0.39 is 12.1 Å². The number of ether oxygens (including phenoxy) is 1. The minimum atomic E-state index is -0.871. The summed E-state index contributed by atoms with van der Waals surface area (Å²) in [5.41, 5.74) is 0. The molecule has 0 aromatic carbocycles. The van der Waals surface area contributed by atoms with Gasteiger partial charge in [0.25, 0.3) is 0 Å². The number of hydrogen-bond acceptors (Lipinski definition) is 5. The van der Waals surface area contributed by atoms with E-state index in [0.717, 1.165) is 8.66 Å². The lowest BCUT2D eigenvalue weighted by Crippen LogP contribution is -1.99. The lowest BCUT2D eigenvalue weighted by Gasteiger charge is -2.03. The number of thiophene rings is 1.